The molecule has 1 fully saturated rings. The average Bonchev–Trinajstić information content (AvgIpc) is 3.30. The summed E-state index contributed by atoms with van der Waals surface area (Å²) in [6.45, 7) is 2.48. The molecule has 2 aliphatic rings. The number of amides is 1. The molecule has 0 spiro atoms. The lowest BCUT2D eigenvalue weighted by Crippen LogP contribution is -2.33. The smallest absolute Gasteiger partial charge is 0.254 e. The lowest BCUT2D eigenvalue weighted by atomic mass is 10.1. The first-order valence-electron chi connectivity index (χ1n) is 9.31. The van der Waals surface area contributed by atoms with Crippen molar-refractivity contribution in [1.29, 1.82) is 0 Å². The predicted molar refractivity (Wildman–Crippen MR) is 101 cm³/mol. The van der Waals surface area contributed by atoms with Crippen LogP contribution in [-0.2, 0) is 12.8 Å². The topological polar surface area (TPSA) is 45.7 Å². The molecular formula is C21H25N3O2. The van der Waals surface area contributed by atoms with Gasteiger partial charge in [-0.15, -0.1) is 0 Å². The van der Waals surface area contributed by atoms with Gasteiger partial charge in [-0.3, -0.25) is 9.69 Å². The van der Waals surface area contributed by atoms with Crippen molar-refractivity contribution in [3.8, 4) is 11.6 Å². The van der Waals surface area contributed by atoms with E-state index < -0.39 is 0 Å². The van der Waals surface area contributed by atoms with Crippen LogP contribution in [0.25, 0.3) is 0 Å². The van der Waals surface area contributed by atoms with Crippen LogP contribution in [0, 0.1) is 0 Å². The van der Waals surface area contributed by atoms with Crippen LogP contribution < -0.4 is 4.74 Å². The Bertz CT molecular complexity index is 795. The monoisotopic (exact) mass is 351 g/mol. The summed E-state index contributed by atoms with van der Waals surface area (Å²) in [5, 5.41) is 0. The summed E-state index contributed by atoms with van der Waals surface area (Å²) in [6, 6.07) is 10.5. The van der Waals surface area contributed by atoms with Crippen LogP contribution in [0.5, 0.6) is 11.6 Å². The van der Waals surface area contributed by atoms with Gasteiger partial charge in [0.1, 0.15) is 5.75 Å². The van der Waals surface area contributed by atoms with E-state index in [0.717, 1.165) is 18.6 Å². The van der Waals surface area contributed by atoms with Crippen molar-refractivity contribution in [2.45, 2.75) is 31.7 Å². The first kappa shape index (κ1) is 17.0. The molecule has 0 N–H and O–H groups in total. The summed E-state index contributed by atoms with van der Waals surface area (Å²) in [5.41, 5.74) is 3.39. The summed E-state index contributed by atoms with van der Waals surface area (Å²) in [5.74, 6) is 1.26. The highest BCUT2D eigenvalue weighted by molar-refractivity contribution is 5.93. The third-order valence-electron chi connectivity index (χ3n) is 5.36. The van der Waals surface area contributed by atoms with Crippen molar-refractivity contribution in [3.63, 3.8) is 0 Å². The van der Waals surface area contributed by atoms with Crippen LogP contribution in [0.1, 0.15) is 34.3 Å². The predicted octanol–water partition coefficient (Wildman–Crippen LogP) is 3.14. The Morgan fingerprint density at radius 1 is 1.12 bits per heavy atom. The highest BCUT2D eigenvalue weighted by Crippen LogP contribution is 2.31. The molecule has 0 bridgehead atoms. The zero-order valence-corrected chi connectivity index (χ0v) is 15.4. The van der Waals surface area contributed by atoms with Gasteiger partial charge in [0.25, 0.3) is 5.91 Å². The minimum atomic E-state index is -0.0606. The number of hydrogen-bond acceptors (Lipinski definition) is 4. The molecule has 1 aromatic heterocycles. The highest BCUT2D eigenvalue weighted by atomic mass is 16.5. The third kappa shape index (κ3) is 3.44. The van der Waals surface area contributed by atoms with Crippen LogP contribution in [0.15, 0.2) is 36.5 Å². The molecule has 1 aromatic carbocycles. The van der Waals surface area contributed by atoms with Crippen molar-refractivity contribution < 1.29 is 9.53 Å². The van der Waals surface area contributed by atoms with Crippen molar-refractivity contribution in [2.75, 3.05) is 27.2 Å². The largest absolute Gasteiger partial charge is 0.439 e. The van der Waals surface area contributed by atoms with Crippen molar-refractivity contribution in [3.05, 3.63) is 53.2 Å². The average molecular weight is 351 g/mol. The second-order valence-corrected chi connectivity index (χ2v) is 7.42. The number of ether oxygens (including phenoxy) is 1. The summed E-state index contributed by atoms with van der Waals surface area (Å²) in [6.07, 6.45) is 6.48. The maximum absolute atomic E-state index is 11.9. The van der Waals surface area contributed by atoms with Gasteiger partial charge in [-0.25, -0.2) is 4.98 Å². The molecule has 0 saturated carbocycles. The number of nitrogens with zero attached hydrogens (tertiary/aromatic N) is 3. The van der Waals surface area contributed by atoms with Gasteiger partial charge in [-0.2, -0.15) is 0 Å². The zero-order chi connectivity index (χ0) is 18.1. The van der Waals surface area contributed by atoms with E-state index in [9.17, 15) is 4.79 Å². The van der Waals surface area contributed by atoms with Crippen LogP contribution in [-0.4, -0.2) is 53.9 Å². The van der Waals surface area contributed by atoms with Crippen LogP contribution in [0.4, 0.5) is 0 Å². The van der Waals surface area contributed by atoms with E-state index in [1.54, 1.807) is 32.4 Å². The number of carbonyl (C=O) groups is 1. The zero-order valence-electron chi connectivity index (χ0n) is 15.4. The van der Waals surface area contributed by atoms with Gasteiger partial charge in [0, 0.05) is 32.4 Å². The van der Waals surface area contributed by atoms with E-state index in [-0.39, 0.29) is 5.91 Å². The minimum Gasteiger partial charge on any atom is -0.439 e. The number of aromatic nitrogens is 1. The minimum absolute atomic E-state index is 0.0606. The van der Waals surface area contributed by atoms with Gasteiger partial charge in [0.05, 0.1) is 5.56 Å². The Morgan fingerprint density at radius 3 is 2.58 bits per heavy atom. The molecule has 26 heavy (non-hydrogen) atoms. The maximum atomic E-state index is 11.9. The number of benzene rings is 1. The Labute approximate surface area is 154 Å². The van der Waals surface area contributed by atoms with Gasteiger partial charge in [0.2, 0.25) is 5.88 Å². The lowest BCUT2D eigenvalue weighted by molar-refractivity contribution is 0.0827. The summed E-state index contributed by atoms with van der Waals surface area (Å²) < 4.78 is 5.91. The molecule has 1 aliphatic carbocycles. The van der Waals surface area contributed by atoms with E-state index in [0.29, 0.717) is 17.5 Å². The van der Waals surface area contributed by atoms with Crippen molar-refractivity contribution >= 4 is 5.91 Å². The molecule has 1 saturated heterocycles. The molecule has 2 heterocycles. The third-order valence-corrected chi connectivity index (χ3v) is 5.36. The lowest BCUT2D eigenvalue weighted by Gasteiger charge is -2.22. The molecule has 1 atom stereocenters. The van der Waals surface area contributed by atoms with Gasteiger partial charge < -0.3 is 9.64 Å². The van der Waals surface area contributed by atoms with Gasteiger partial charge in [-0.05, 0) is 68.1 Å². The maximum Gasteiger partial charge on any atom is 0.254 e. The normalized spacial score (nSPS) is 19.4. The number of pyridine rings is 1. The quantitative estimate of drug-likeness (QED) is 0.849. The fraction of sp³-hybridized carbons (Fsp3) is 0.429. The van der Waals surface area contributed by atoms with E-state index in [2.05, 4.69) is 22.0 Å². The standard InChI is InChI=1S/C21H25N3O2/c1-23(2)21(25)16-6-8-20(22-14-16)26-19-7-5-15-11-18(12-17(15)13-19)24-9-3-4-10-24/h5-8,13-14,18H,3-4,9-12H2,1-2H3. The first-order chi connectivity index (χ1) is 12.6. The molecule has 136 valence electrons. The second kappa shape index (κ2) is 7.08. The Morgan fingerprint density at radius 2 is 1.88 bits per heavy atom. The summed E-state index contributed by atoms with van der Waals surface area (Å²) in [4.78, 5) is 20.4. The van der Waals surface area contributed by atoms with E-state index >= 15 is 0 Å². The number of rotatable bonds is 4. The Hall–Kier alpha value is -2.40. The summed E-state index contributed by atoms with van der Waals surface area (Å²) in [7, 11) is 3.46. The summed E-state index contributed by atoms with van der Waals surface area (Å²) >= 11 is 0. The fourth-order valence-corrected chi connectivity index (χ4v) is 3.95. The Kier molecular flexibility index (Phi) is 4.64. The molecule has 4 rings (SSSR count). The second-order valence-electron chi connectivity index (χ2n) is 7.42. The van der Waals surface area contributed by atoms with E-state index in [4.69, 9.17) is 4.74 Å². The van der Waals surface area contributed by atoms with Crippen molar-refractivity contribution in [1.82, 2.24) is 14.8 Å². The van der Waals surface area contributed by atoms with Crippen molar-refractivity contribution in [2.24, 2.45) is 0 Å². The molecule has 0 radical (unpaired) electrons. The molecule has 1 unspecified atom stereocenters. The molecule has 5 nitrogen and oxygen atoms in total. The highest BCUT2D eigenvalue weighted by Gasteiger charge is 2.28. The van der Waals surface area contributed by atoms with Crippen LogP contribution >= 0.6 is 0 Å². The van der Waals surface area contributed by atoms with Crippen LogP contribution in [0.2, 0.25) is 0 Å². The SMILES string of the molecule is CN(C)C(=O)c1ccc(Oc2ccc3c(c2)CC(N2CCCC2)C3)nc1. The molecular weight excluding hydrogens is 326 g/mol. The van der Waals surface area contributed by atoms with Gasteiger partial charge in [-0.1, -0.05) is 6.07 Å². The van der Waals surface area contributed by atoms with Gasteiger partial charge in [0.15, 0.2) is 0 Å². The molecule has 1 amide bonds. The number of fused-ring (bicyclic) bond motifs is 1. The number of carbonyl (C=O) groups excluding carboxylic acids is 1. The van der Waals surface area contributed by atoms with Gasteiger partial charge >= 0.3 is 0 Å². The van der Waals surface area contributed by atoms with E-state index in [1.165, 1.54) is 42.0 Å². The number of hydrogen-bond donors (Lipinski definition) is 0. The van der Waals surface area contributed by atoms with Crippen LogP contribution in [0.3, 0.4) is 0 Å². The molecule has 5 heteroatoms. The number of likely N-dealkylation sites (tertiary alicyclic amines) is 1. The first-order valence-corrected chi connectivity index (χ1v) is 9.31. The Balaban J connectivity index is 1.44. The fourth-order valence-electron chi connectivity index (χ4n) is 3.95. The molecule has 2 aromatic rings. The molecule has 1 aliphatic heterocycles. The van der Waals surface area contributed by atoms with E-state index in [1.807, 2.05) is 6.07 Å².